The third-order valence-corrected chi connectivity index (χ3v) is 4.78. The van der Waals surface area contributed by atoms with Gasteiger partial charge in [-0.3, -0.25) is 9.88 Å². The molecule has 11 nitrogen and oxygen atoms in total. The van der Waals surface area contributed by atoms with Gasteiger partial charge >= 0.3 is 24.3 Å². The highest BCUT2D eigenvalue weighted by atomic mass is 19.4. The molecule has 39 heavy (non-hydrogen) atoms. The Balaban J connectivity index is 0.000000317. The molecule has 212 valence electrons. The van der Waals surface area contributed by atoms with Gasteiger partial charge in [0.1, 0.15) is 12.4 Å². The zero-order valence-electron chi connectivity index (χ0n) is 19.9. The van der Waals surface area contributed by atoms with Crippen LogP contribution in [-0.2, 0) is 35.7 Å². The molecule has 3 aromatic rings. The molecule has 3 aromatic heterocycles. The molecule has 17 heteroatoms. The van der Waals surface area contributed by atoms with Crippen molar-refractivity contribution in [3.05, 3.63) is 66.1 Å². The zero-order chi connectivity index (χ0) is 29.1. The standard InChI is InChI=1S/C18H20N6O.2C2HF3O2/c1-3-8-19-15(5-1)13-23-10-7-16-21-22-17(24(16)12-11-23)14-25-18-6-2-4-9-20-18;2*3-2(4,5)1(6)7/h1-6,8-9H,7,10-14H2;2*(H,6,7). The van der Waals surface area contributed by atoms with Crippen LogP contribution in [0.15, 0.2) is 48.8 Å². The summed E-state index contributed by atoms with van der Waals surface area (Å²) in [6.45, 7) is 3.99. The van der Waals surface area contributed by atoms with Gasteiger partial charge in [-0.1, -0.05) is 12.1 Å². The number of carbonyl (C=O) groups is 2. The Hall–Kier alpha value is -4.28. The molecule has 0 aliphatic carbocycles. The lowest BCUT2D eigenvalue weighted by Gasteiger charge is -2.18. The van der Waals surface area contributed by atoms with Gasteiger partial charge < -0.3 is 19.5 Å². The number of alkyl halides is 6. The highest BCUT2D eigenvalue weighted by Crippen LogP contribution is 2.15. The minimum Gasteiger partial charge on any atom is -0.475 e. The molecule has 2 N–H and O–H groups in total. The third kappa shape index (κ3) is 10.9. The van der Waals surface area contributed by atoms with Crippen LogP contribution in [0.3, 0.4) is 0 Å². The van der Waals surface area contributed by atoms with Crippen LogP contribution < -0.4 is 4.74 Å². The van der Waals surface area contributed by atoms with E-state index in [0.717, 1.165) is 49.9 Å². The smallest absolute Gasteiger partial charge is 0.475 e. The molecule has 1 aliphatic heterocycles. The normalized spacial score (nSPS) is 13.5. The quantitative estimate of drug-likeness (QED) is 0.444. The summed E-state index contributed by atoms with van der Waals surface area (Å²) in [4.78, 5) is 28.8. The molecule has 0 spiro atoms. The number of pyridine rings is 2. The van der Waals surface area contributed by atoms with Gasteiger partial charge in [-0.15, -0.1) is 10.2 Å². The van der Waals surface area contributed by atoms with Crippen molar-refractivity contribution in [2.24, 2.45) is 0 Å². The van der Waals surface area contributed by atoms with Gasteiger partial charge in [-0.05, 0) is 18.2 Å². The van der Waals surface area contributed by atoms with Crippen LogP contribution in [0.25, 0.3) is 0 Å². The van der Waals surface area contributed by atoms with Gasteiger partial charge in [0.2, 0.25) is 5.88 Å². The summed E-state index contributed by atoms with van der Waals surface area (Å²) in [6.07, 6.45) is -5.73. The number of rotatable bonds is 5. The Bertz CT molecular complexity index is 1170. The fourth-order valence-corrected chi connectivity index (χ4v) is 2.98. The first-order valence-electron chi connectivity index (χ1n) is 10.9. The summed E-state index contributed by atoms with van der Waals surface area (Å²) in [5.74, 6) is -3.05. The number of hydrogen-bond donors (Lipinski definition) is 2. The van der Waals surface area contributed by atoms with Gasteiger partial charge in [0.15, 0.2) is 5.82 Å². The summed E-state index contributed by atoms with van der Waals surface area (Å²) >= 11 is 0. The van der Waals surface area contributed by atoms with Crippen LogP contribution in [0.2, 0.25) is 0 Å². The van der Waals surface area contributed by atoms with Crippen LogP contribution in [0.5, 0.6) is 5.88 Å². The third-order valence-electron chi connectivity index (χ3n) is 4.78. The largest absolute Gasteiger partial charge is 0.490 e. The molecular weight excluding hydrogens is 542 g/mol. The van der Waals surface area contributed by atoms with Gasteiger partial charge in [0.25, 0.3) is 0 Å². The topological polar surface area (TPSA) is 144 Å². The van der Waals surface area contributed by atoms with Crippen LogP contribution in [0.4, 0.5) is 26.3 Å². The van der Waals surface area contributed by atoms with E-state index < -0.39 is 24.3 Å². The van der Waals surface area contributed by atoms with E-state index in [0.29, 0.717) is 12.5 Å². The maximum Gasteiger partial charge on any atom is 0.490 e. The second kappa shape index (κ2) is 14.0. The summed E-state index contributed by atoms with van der Waals surface area (Å²) in [5, 5.41) is 22.9. The number of carboxylic acid groups (broad SMARTS) is 2. The molecule has 0 bridgehead atoms. The maximum atomic E-state index is 10.6. The lowest BCUT2D eigenvalue weighted by atomic mass is 10.3. The average Bonchev–Trinajstić information content (AvgIpc) is 3.15. The van der Waals surface area contributed by atoms with E-state index in [4.69, 9.17) is 24.5 Å². The van der Waals surface area contributed by atoms with Crippen molar-refractivity contribution < 1.29 is 50.9 Å². The Morgan fingerprint density at radius 3 is 1.95 bits per heavy atom. The van der Waals surface area contributed by atoms with Crippen molar-refractivity contribution in [2.45, 2.75) is 38.5 Å². The SMILES string of the molecule is O=C(O)C(F)(F)F.O=C(O)C(F)(F)F.c1ccc(CN2CCc3nnc(COc4ccccn4)n3CC2)nc1. The minimum atomic E-state index is -5.08. The Morgan fingerprint density at radius 2 is 1.44 bits per heavy atom. The maximum absolute atomic E-state index is 10.6. The van der Waals surface area contributed by atoms with Gasteiger partial charge in [0, 0.05) is 51.1 Å². The van der Waals surface area contributed by atoms with Gasteiger partial charge in [0.05, 0.1) is 5.69 Å². The Morgan fingerprint density at radius 1 is 0.846 bits per heavy atom. The first-order chi connectivity index (χ1) is 18.3. The number of nitrogens with zero attached hydrogens (tertiary/aromatic N) is 6. The Kier molecular flexibility index (Phi) is 11.1. The van der Waals surface area contributed by atoms with Crippen LogP contribution >= 0.6 is 0 Å². The van der Waals surface area contributed by atoms with Crippen molar-refractivity contribution >= 4 is 11.9 Å². The first kappa shape index (κ1) is 30.9. The van der Waals surface area contributed by atoms with Crippen LogP contribution in [0.1, 0.15) is 17.3 Å². The van der Waals surface area contributed by atoms with E-state index in [1.54, 1.807) is 6.20 Å². The van der Waals surface area contributed by atoms with E-state index in [2.05, 4.69) is 35.7 Å². The number of aromatic nitrogens is 5. The summed E-state index contributed by atoms with van der Waals surface area (Å²) in [5.41, 5.74) is 1.10. The fraction of sp³-hybridized carbons (Fsp3) is 0.364. The molecule has 0 saturated heterocycles. The van der Waals surface area contributed by atoms with Crippen molar-refractivity contribution in [1.29, 1.82) is 0 Å². The molecular formula is C22H22F6N6O5. The molecule has 0 amide bonds. The second-order valence-corrected chi connectivity index (χ2v) is 7.59. The number of hydrogen-bond acceptors (Lipinski definition) is 8. The summed E-state index contributed by atoms with van der Waals surface area (Å²) in [7, 11) is 0. The second-order valence-electron chi connectivity index (χ2n) is 7.59. The number of carboxylic acids is 2. The highest BCUT2D eigenvalue weighted by Gasteiger charge is 2.38. The van der Waals surface area contributed by atoms with Gasteiger partial charge in [-0.25, -0.2) is 14.6 Å². The van der Waals surface area contributed by atoms with E-state index in [1.807, 2.05) is 36.5 Å². The number of halogens is 6. The molecule has 4 rings (SSSR count). The predicted octanol–water partition coefficient (Wildman–Crippen LogP) is 2.97. The monoisotopic (exact) mass is 564 g/mol. The molecule has 0 unspecified atom stereocenters. The highest BCUT2D eigenvalue weighted by molar-refractivity contribution is 5.73. The molecule has 4 heterocycles. The lowest BCUT2D eigenvalue weighted by Crippen LogP contribution is -2.27. The molecule has 0 fully saturated rings. The zero-order valence-corrected chi connectivity index (χ0v) is 19.9. The average molecular weight is 564 g/mol. The molecule has 0 atom stereocenters. The summed E-state index contributed by atoms with van der Waals surface area (Å²) in [6, 6.07) is 11.7. The number of aliphatic carboxylic acids is 2. The van der Waals surface area contributed by atoms with E-state index in [9.17, 15) is 26.3 Å². The number of ether oxygens (including phenoxy) is 1. The van der Waals surface area contributed by atoms with E-state index in [-0.39, 0.29) is 0 Å². The Labute approximate surface area is 216 Å². The predicted molar refractivity (Wildman–Crippen MR) is 119 cm³/mol. The van der Waals surface area contributed by atoms with E-state index >= 15 is 0 Å². The van der Waals surface area contributed by atoms with Crippen LogP contribution in [0, 0.1) is 0 Å². The van der Waals surface area contributed by atoms with Crippen molar-refractivity contribution in [1.82, 2.24) is 29.6 Å². The van der Waals surface area contributed by atoms with Crippen LogP contribution in [-0.4, -0.2) is 77.2 Å². The minimum absolute atomic E-state index is 0.379. The lowest BCUT2D eigenvalue weighted by molar-refractivity contribution is -0.193. The fourth-order valence-electron chi connectivity index (χ4n) is 2.98. The van der Waals surface area contributed by atoms with E-state index in [1.165, 1.54) is 0 Å². The summed E-state index contributed by atoms with van der Waals surface area (Å²) < 4.78 is 71.4. The van der Waals surface area contributed by atoms with Crippen molar-refractivity contribution in [3.8, 4) is 5.88 Å². The number of fused-ring (bicyclic) bond motifs is 1. The molecule has 0 radical (unpaired) electrons. The van der Waals surface area contributed by atoms with Gasteiger partial charge in [-0.2, -0.15) is 26.3 Å². The molecule has 1 aliphatic rings. The van der Waals surface area contributed by atoms with Crippen molar-refractivity contribution in [3.63, 3.8) is 0 Å². The first-order valence-corrected chi connectivity index (χ1v) is 10.9. The van der Waals surface area contributed by atoms with Crippen molar-refractivity contribution in [2.75, 3.05) is 13.1 Å². The molecule has 0 aromatic carbocycles. The molecule has 0 saturated carbocycles.